The lowest BCUT2D eigenvalue weighted by atomic mass is 9.94. The Morgan fingerprint density at radius 2 is 2.05 bits per heavy atom. The van der Waals surface area contributed by atoms with Crippen LogP contribution in [-0.4, -0.2) is 43.3 Å². The molecule has 1 amide bonds. The molecule has 1 aromatic rings. The lowest BCUT2D eigenvalue weighted by Gasteiger charge is -2.43. The van der Waals surface area contributed by atoms with Gasteiger partial charge in [0.25, 0.3) is 5.91 Å². The van der Waals surface area contributed by atoms with Gasteiger partial charge in [0, 0.05) is 11.6 Å². The minimum absolute atomic E-state index is 0.0332. The lowest BCUT2D eigenvalue weighted by molar-refractivity contribution is -0.165. The van der Waals surface area contributed by atoms with Crippen molar-refractivity contribution in [3.63, 3.8) is 0 Å². The summed E-state index contributed by atoms with van der Waals surface area (Å²) >= 11 is 5.88. The van der Waals surface area contributed by atoms with Gasteiger partial charge in [-0.2, -0.15) is 0 Å². The van der Waals surface area contributed by atoms with Crippen LogP contribution in [0.3, 0.4) is 0 Å². The summed E-state index contributed by atoms with van der Waals surface area (Å²) in [5, 5.41) is 0.713. The fraction of sp³-hybridized carbons (Fsp3) is 0.500. The Bertz CT molecular complexity index is 456. The molecule has 102 valence electrons. The zero-order chi connectivity index (χ0) is 13.2. The molecular formula is C14H16ClNO3. The van der Waals surface area contributed by atoms with Gasteiger partial charge >= 0.3 is 0 Å². The summed E-state index contributed by atoms with van der Waals surface area (Å²) in [7, 11) is 0. The van der Waals surface area contributed by atoms with E-state index >= 15 is 0 Å². The number of amides is 1. The molecule has 3 rings (SSSR count). The zero-order valence-electron chi connectivity index (χ0n) is 10.5. The molecule has 0 spiro atoms. The SMILES string of the molecule is O=C(C1COCCO1)N1CCC1c1ccc(Cl)cc1. The molecule has 0 aromatic heterocycles. The van der Waals surface area contributed by atoms with E-state index in [1.165, 1.54) is 0 Å². The third-order valence-corrected chi connectivity index (χ3v) is 3.90. The van der Waals surface area contributed by atoms with Crippen molar-refractivity contribution in [2.24, 2.45) is 0 Å². The number of nitrogens with zero attached hydrogens (tertiary/aromatic N) is 1. The maximum absolute atomic E-state index is 12.3. The van der Waals surface area contributed by atoms with E-state index in [-0.39, 0.29) is 11.9 Å². The van der Waals surface area contributed by atoms with Crippen LogP contribution in [0.4, 0.5) is 0 Å². The molecule has 2 aliphatic heterocycles. The van der Waals surface area contributed by atoms with Crippen LogP contribution in [0.15, 0.2) is 24.3 Å². The van der Waals surface area contributed by atoms with Gasteiger partial charge in [-0.05, 0) is 24.1 Å². The van der Waals surface area contributed by atoms with Gasteiger partial charge in [0.05, 0.1) is 25.9 Å². The first kappa shape index (κ1) is 12.9. The maximum atomic E-state index is 12.3. The largest absolute Gasteiger partial charge is 0.376 e. The molecule has 2 fully saturated rings. The van der Waals surface area contributed by atoms with Gasteiger partial charge in [-0.25, -0.2) is 0 Å². The average Bonchev–Trinajstić information content (AvgIpc) is 2.41. The topological polar surface area (TPSA) is 38.8 Å². The maximum Gasteiger partial charge on any atom is 0.254 e. The average molecular weight is 282 g/mol. The van der Waals surface area contributed by atoms with E-state index in [4.69, 9.17) is 21.1 Å². The van der Waals surface area contributed by atoms with Crippen LogP contribution in [0.25, 0.3) is 0 Å². The van der Waals surface area contributed by atoms with Crippen LogP contribution >= 0.6 is 11.6 Å². The van der Waals surface area contributed by atoms with Gasteiger partial charge in [-0.3, -0.25) is 4.79 Å². The quantitative estimate of drug-likeness (QED) is 0.833. The first-order valence-electron chi connectivity index (χ1n) is 6.51. The van der Waals surface area contributed by atoms with E-state index in [0.717, 1.165) is 18.5 Å². The molecule has 0 aliphatic carbocycles. The first-order valence-corrected chi connectivity index (χ1v) is 6.89. The van der Waals surface area contributed by atoms with E-state index in [1.807, 2.05) is 29.2 Å². The van der Waals surface area contributed by atoms with Crippen LogP contribution < -0.4 is 0 Å². The highest BCUT2D eigenvalue weighted by Crippen LogP contribution is 2.34. The Morgan fingerprint density at radius 1 is 1.26 bits per heavy atom. The fourth-order valence-electron chi connectivity index (χ4n) is 2.50. The van der Waals surface area contributed by atoms with Crippen molar-refractivity contribution in [3.8, 4) is 0 Å². The van der Waals surface area contributed by atoms with Crippen molar-refractivity contribution >= 4 is 17.5 Å². The predicted octanol–water partition coefficient (Wildman–Crippen LogP) is 2.03. The molecule has 0 saturated carbocycles. The monoisotopic (exact) mass is 281 g/mol. The predicted molar refractivity (Wildman–Crippen MR) is 71.1 cm³/mol. The Balaban J connectivity index is 1.68. The van der Waals surface area contributed by atoms with E-state index in [9.17, 15) is 4.79 Å². The Morgan fingerprint density at radius 3 is 2.63 bits per heavy atom. The number of hydrogen-bond acceptors (Lipinski definition) is 3. The van der Waals surface area contributed by atoms with Crippen LogP contribution in [0.1, 0.15) is 18.0 Å². The second kappa shape index (κ2) is 5.49. The number of benzene rings is 1. The van der Waals surface area contributed by atoms with Crippen LogP contribution in [0.2, 0.25) is 5.02 Å². The summed E-state index contributed by atoms with van der Waals surface area (Å²) in [4.78, 5) is 14.2. The number of ether oxygens (including phenoxy) is 2. The van der Waals surface area contributed by atoms with Crippen molar-refractivity contribution in [2.45, 2.75) is 18.6 Å². The Labute approximate surface area is 117 Å². The number of halogens is 1. The van der Waals surface area contributed by atoms with Gasteiger partial charge in [0.2, 0.25) is 0 Å². The van der Waals surface area contributed by atoms with Crippen molar-refractivity contribution in [2.75, 3.05) is 26.4 Å². The summed E-state index contributed by atoms with van der Waals surface area (Å²) < 4.78 is 10.8. The van der Waals surface area contributed by atoms with E-state index < -0.39 is 6.10 Å². The van der Waals surface area contributed by atoms with Gasteiger partial charge in [-0.1, -0.05) is 23.7 Å². The second-order valence-electron chi connectivity index (χ2n) is 4.82. The molecule has 19 heavy (non-hydrogen) atoms. The molecule has 2 saturated heterocycles. The number of carbonyl (C=O) groups excluding carboxylic acids is 1. The van der Waals surface area contributed by atoms with Crippen LogP contribution in [0, 0.1) is 0 Å². The third kappa shape index (κ3) is 2.61. The molecule has 0 bridgehead atoms. The summed E-state index contributed by atoms with van der Waals surface area (Å²) in [5.74, 6) is 0.0332. The normalized spacial score (nSPS) is 26.9. The van der Waals surface area contributed by atoms with Gasteiger partial charge in [0.1, 0.15) is 0 Å². The molecule has 1 aromatic carbocycles. The molecule has 5 heteroatoms. The fourth-order valence-corrected chi connectivity index (χ4v) is 2.62. The number of rotatable bonds is 2. The van der Waals surface area contributed by atoms with E-state index in [1.54, 1.807) is 0 Å². The number of likely N-dealkylation sites (tertiary alicyclic amines) is 1. The summed E-state index contributed by atoms with van der Waals surface area (Å²) in [5.41, 5.74) is 1.13. The van der Waals surface area contributed by atoms with Crippen LogP contribution in [0.5, 0.6) is 0 Å². The van der Waals surface area contributed by atoms with Crippen molar-refractivity contribution in [3.05, 3.63) is 34.9 Å². The third-order valence-electron chi connectivity index (χ3n) is 3.65. The molecule has 0 N–H and O–H groups in total. The van der Waals surface area contributed by atoms with Crippen molar-refractivity contribution < 1.29 is 14.3 Å². The number of carbonyl (C=O) groups is 1. The van der Waals surface area contributed by atoms with Crippen LogP contribution in [-0.2, 0) is 14.3 Å². The molecule has 2 unspecified atom stereocenters. The Kier molecular flexibility index (Phi) is 3.73. The second-order valence-corrected chi connectivity index (χ2v) is 5.26. The first-order chi connectivity index (χ1) is 9.25. The zero-order valence-corrected chi connectivity index (χ0v) is 11.3. The standard InChI is InChI=1S/C14H16ClNO3/c15-11-3-1-10(2-4-11)12-5-6-16(12)14(17)13-9-18-7-8-19-13/h1-4,12-13H,5-9H2. The summed E-state index contributed by atoms with van der Waals surface area (Å²) in [6.07, 6.45) is 0.546. The molecule has 2 aliphatic rings. The molecule has 4 nitrogen and oxygen atoms in total. The van der Waals surface area contributed by atoms with Crippen molar-refractivity contribution in [1.82, 2.24) is 4.90 Å². The highest BCUT2D eigenvalue weighted by molar-refractivity contribution is 6.30. The molecular weight excluding hydrogens is 266 g/mol. The summed E-state index contributed by atoms with van der Waals surface area (Å²) in [6, 6.07) is 7.82. The lowest BCUT2D eigenvalue weighted by Crippen LogP contribution is -2.52. The van der Waals surface area contributed by atoms with Gasteiger partial charge < -0.3 is 14.4 Å². The highest BCUT2D eigenvalue weighted by Gasteiger charge is 2.37. The minimum Gasteiger partial charge on any atom is -0.376 e. The van der Waals surface area contributed by atoms with E-state index in [0.29, 0.717) is 24.8 Å². The summed E-state index contributed by atoms with van der Waals surface area (Å²) in [6.45, 7) is 2.22. The Hall–Kier alpha value is -1.10. The van der Waals surface area contributed by atoms with E-state index in [2.05, 4.69) is 0 Å². The molecule has 2 heterocycles. The van der Waals surface area contributed by atoms with Gasteiger partial charge in [0.15, 0.2) is 6.10 Å². The number of hydrogen-bond donors (Lipinski definition) is 0. The molecule has 0 radical (unpaired) electrons. The molecule has 2 atom stereocenters. The van der Waals surface area contributed by atoms with Crippen molar-refractivity contribution in [1.29, 1.82) is 0 Å². The minimum atomic E-state index is -0.441. The highest BCUT2D eigenvalue weighted by atomic mass is 35.5. The smallest absolute Gasteiger partial charge is 0.254 e. The van der Waals surface area contributed by atoms with Gasteiger partial charge in [-0.15, -0.1) is 0 Å².